The molecule has 0 unspecified atom stereocenters. The lowest BCUT2D eigenvalue weighted by Gasteiger charge is -2.32. The number of carbonyl (C=O) groups excluding carboxylic acids is 1. The maximum atomic E-state index is 13.0. The summed E-state index contributed by atoms with van der Waals surface area (Å²) in [7, 11) is 0. The van der Waals surface area contributed by atoms with Gasteiger partial charge in [-0.3, -0.25) is 9.59 Å². The molecule has 1 aliphatic heterocycles. The number of rotatable bonds is 4. The number of nitrogens with zero attached hydrogens (tertiary/aromatic N) is 3. The molecule has 0 radical (unpaired) electrons. The number of hydrogen-bond donors (Lipinski definition) is 1. The van der Waals surface area contributed by atoms with Crippen molar-refractivity contribution in [2.45, 2.75) is 33.2 Å². The smallest absolute Gasteiger partial charge is 0.275 e. The summed E-state index contributed by atoms with van der Waals surface area (Å²) >= 11 is 6.22. The van der Waals surface area contributed by atoms with E-state index in [1.54, 1.807) is 18.2 Å². The number of carbonyl (C=O) groups is 1. The standard InChI is InChI=1S/C23H25ClN4O2/c1-15-9-10-20(19(24)12-15)25-21(29)14-28-23(30)18-8-4-3-7-17(18)22(26-28)27-11-5-6-16(2)13-27/h3-4,7-10,12,16H,5-6,11,13-14H2,1-2H3,(H,25,29)/t16-/m1/s1. The van der Waals surface area contributed by atoms with E-state index in [4.69, 9.17) is 11.6 Å². The number of amides is 1. The Morgan fingerprint density at radius 3 is 2.73 bits per heavy atom. The van der Waals surface area contributed by atoms with Crippen molar-refractivity contribution in [3.63, 3.8) is 0 Å². The van der Waals surface area contributed by atoms with Crippen LogP contribution in [0.5, 0.6) is 0 Å². The highest BCUT2D eigenvalue weighted by molar-refractivity contribution is 6.33. The summed E-state index contributed by atoms with van der Waals surface area (Å²) in [6.07, 6.45) is 2.27. The maximum Gasteiger partial charge on any atom is 0.275 e. The first-order valence-electron chi connectivity index (χ1n) is 10.2. The van der Waals surface area contributed by atoms with Crippen LogP contribution in [0.25, 0.3) is 10.8 Å². The molecule has 6 nitrogen and oxygen atoms in total. The van der Waals surface area contributed by atoms with Crippen LogP contribution in [0.4, 0.5) is 11.5 Å². The maximum absolute atomic E-state index is 13.0. The second-order valence-corrected chi connectivity index (χ2v) is 8.46. The van der Waals surface area contributed by atoms with Crippen molar-refractivity contribution in [2.75, 3.05) is 23.3 Å². The van der Waals surface area contributed by atoms with Gasteiger partial charge in [0.1, 0.15) is 6.54 Å². The monoisotopic (exact) mass is 424 g/mol. The number of aromatic nitrogens is 2. The Balaban J connectivity index is 1.67. The molecular weight excluding hydrogens is 400 g/mol. The van der Waals surface area contributed by atoms with Crippen LogP contribution in [0.2, 0.25) is 5.02 Å². The fourth-order valence-corrected chi connectivity index (χ4v) is 4.27. The predicted molar refractivity (Wildman–Crippen MR) is 121 cm³/mol. The molecule has 1 aromatic heterocycles. The molecule has 2 aromatic carbocycles. The minimum Gasteiger partial charge on any atom is -0.354 e. The molecule has 0 spiro atoms. The third-order valence-electron chi connectivity index (χ3n) is 5.50. The number of nitrogens with one attached hydrogen (secondary N) is 1. The lowest BCUT2D eigenvalue weighted by Crippen LogP contribution is -2.38. The van der Waals surface area contributed by atoms with Crippen molar-refractivity contribution in [1.29, 1.82) is 0 Å². The fraction of sp³-hybridized carbons (Fsp3) is 0.348. The normalized spacial score (nSPS) is 16.6. The van der Waals surface area contributed by atoms with Crippen LogP contribution in [0, 0.1) is 12.8 Å². The molecule has 0 saturated carbocycles. The summed E-state index contributed by atoms with van der Waals surface area (Å²) in [5.41, 5.74) is 1.25. The third-order valence-corrected chi connectivity index (χ3v) is 5.81. The molecule has 7 heteroatoms. The van der Waals surface area contributed by atoms with E-state index in [0.29, 0.717) is 22.0 Å². The number of hydrogen-bond acceptors (Lipinski definition) is 4. The number of halogens is 1. The van der Waals surface area contributed by atoms with Gasteiger partial charge in [0.15, 0.2) is 5.82 Å². The van der Waals surface area contributed by atoms with Gasteiger partial charge in [0.25, 0.3) is 5.56 Å². The summed E-state index contributed by atoms with van der Waals surface area (Å²) in [5, 5.41) is 9.26. The van der Waals surface area contributed by atoms with Gasteiger partial charge in [-0.25, -0.2) is 4.68 Å². The highest BCUT2D eigenvalue weighted by Crippen LogP contribution is 2.27. The second kappa shape index (κ2) is 8.48. The summed E-state index contributed by atoms with van der Waals surface area (Å²) in [4.78, 5) is 27.9. The zero-order valence-corrected chi connectivity index (χ0v) is 17.9. The van der Waals surface area contributed by atoms with Gasteiger partial charge in [-0.1, -0.05) is 42.8 Å². The van der Waals surface area contributed by atoms with Crippen LogP contribution in [0.1, 0.15) is 25.3 Å². The van der Waals surface area contributed by atoms with E-state index in [-0.39, 0.29) is 18.0 Å². The molecular formula is C23H25ClN4O2. The zero-order chi connectivity index (χ0) is 21.3. The van der Waals surface area contributed by atoms with E-state index < -0.39 is 0 Å². The Labute approximate surface area is 180 Å². The molecule has 3 aromatic rings. The Morgan fingerprint density at radius 2 is 2.00 bits per heavy atom. The van der Waals surface area contributed by atoms with Crippen LogP contribution in [0.3, 0.4) is 0 Å². The van der Waals surface area contributed by atoms with Gasteiger partial charge in [0.05, 0.1) is 16.1 Å². The van der Waals surface area contributed by atoms with Crippen LogP contribution in [-0.2, 0) is 11.3 Å². The molecule has 30 heavy (non-hydrogen) atoms. The van der Waals surface area contributed by atoms with Crippen LogP contribution >= 0.6 is 11.6 Å². The fourth-order valence-electron chi connectivity index (χ4n) is 3.99. The van der Waals surface area contributed by atoms with Gasteiger partial charge in [-0.2, -0.15) is 5.10 Å². The zero-order valence-electron chi connectivity index (χ0n) is 17.2. The first-order valence-corrected chi connectivity index (χ1v) is 10.6. The summed E-state index contributed by atoms with van der Waals surface area (Å²) < 4.78 is 1.26. The highest BCUT2D eigenvalue weighted by Gasteiger charge is 2.22. The quantitative estimate of drug-likeness (QED) is 0.680. The predicted octanol–water partition coefficient (Wildman–Crippen LogP) is 4.23. The Bertz CT molecular complexity index is 1160. The molecule has 156 valence electrons. The molecule has 1 N–H and O–H groups in total. The molecule has 4 rings (SSSR count). The molecule has 1 saturated heterocycles. The molecule has 0 bridgehead atoms. The number of fused-ring (bicyclic) bond motifs is 1. The van der Waals surface area contributed by atoms with Crippen molar-refractivity contribution >= 4 is 39.8 Å². The van der Waals surface area contributed by atoms with Gasteiger partial charge in [-0.05, 0) is 49.4 Å². The minimum atomic E-state index is -0.344. The molecule has 1 amide bonds. The SMILES string of the molecule is Cc1ccc(NC(=O)Cn2nc(N3CCC[C@@H](C)C3)c3ccccc3c2=O)c(Cl)c1. The molecule has 1 aliphatic rings. The second-order valence-electron chi connectivity index (χ2n) is 8.06. The van der Waals surface area contributed by atoms with Crippen molar-refractivity contribution in [3.05, 3.63) is 63.4 Å². The van der Waals surface area contributed by atoms with E-state index in [2.05, 4.69) is 22.2 Å². The van der Waals surface area contributed by atoms with E-state index in [9.17, 15) is 9.59 Å². The highest BCUT2D eigenvalue weighted by atomic mass is 35.5. The summed E-state index contributed by atoms with van der Waals surface area (Å²) in [6, 6.07) is 12.9. The topological polar surface area (TPSA) is 67.2 Å². The minimum absolute atomic E-state index is 0.176. The van der Waals surface area contributed by atoms with Gasteiger partial charge in [-0.15, -0.1) is 0 Å². The largest absolute Gasteiger partial charge is 0.354 e. The van der Waals surface area contributed by atoms with Crippen LogP contribution in [-0.4, -0.2) is 28.8 Å². The van der Waals surface area contributed by atoms with Gasteiger partial charge in [0, 0.05) is 18.5 Å². The average Bonchev–Trinajstić information content (AvgIpc) is 2.72. The Hall–Kier alpha value is -2.86. The lowest BCUT2D eigenvalue weighted by molar-refractivity contribution is -0.117. The van der Waals surface area contributed by atoms with Gasteiger partial charge < -0.3 is 10.2 Å². The first kappa shape index (κ1) is 20.4. The molecule has 1 fully saturated rings. The summed E-state index contributed by atoms with van der Waals surface area (Å²) in [5.74, 6) is 0.980. The third kappa shape index (κ3) is 4.19. The number of benzene rings is 2. The van der Waals surface area contributed by atoms with E-state index >= 15 is 0 Å². The molecule has 1 atom stereocenters. The van der Waals surface area contributed by atoms with Crippen molar-refractivity contribution in [2.24, 2.45) is 5.92 Å². The van der Waals surface area contributed by atoms with Gasteiger partial charge in [0.2, 0.25) is 5.91 Å². The molecule has 2 heterocycles. The Morgan fingerprint density at radius 1 is 1.23 bits per heavy atom. The van der Waals surface area contributed by atoms with Crippen LogP contribution < -0.4 is 15.8 Å². The van der Waals surface area contributed by atoms with Crippen molar-refractivity contribution in [1.82, 2.24) is 9.78 Å². The van der Waals surface area contributed by atoms with Gasteiger partial charge >= 0.3 is 0 Å². The summed E-state index contributed by atoms with van der Waals surface area (Å²) in [6.45, 7) is 5.76. The lowest BCUT2D eigenvalue weighted by atomic mass is 10.00. The average molecular weight is 425 g/mol. The Kier molecular flexibility index (Phi) is 5.77. The number of piperidine rings is 1. The first-order chi connectivity index (χ1) is 14.4. The van der Waals surface area contributed by atoms with Crippen molar-refractivity contribution < 1.29 is 4.79 Å². The van der Waals surface area contributed by atoms with E-state index in [0.717, 1.165) is 36.3 Å². The van der Waals surface area contributed by atoms with E-state index in [1.807, 2.05) is 31.2 Å². The van der Waals surface area contributed by atoms with E-state index in [1.165, 1.54) is 11.1 Å². The number of anilines is 2. The molecule has 0 aliphatic carbocycles. The van der Waals surface area contributed by atoms with Crippen molar-refractivity contribution in [3.8, 4) is 0 Å². The van der Waals surface area contributed by atoms with Crippen LogP contribution in [0.15, 0.2) is 47.3 Å². The number of aryl methyl sites for hydroxylation is 1.